The van der Waals surface area contributed by atoms with Crippen LogP contribution >= 0.6 is 15.9 Å². The Kier molecular flexibility index (Phi) is 3.93. The molecule has 4 nitrogen and oxygen atoms in total. The number of hydroxylamine groups is 1. The molecule has 0 aromatic heterocycles. The van der Waals surface area contributed by atoms with Crippen LogP contribution in [0.3, 0.4) is 0 Å². The number of benzene rings is 1. The molecule has 88 valence electrons. The molecule has 0 radical (unpaired) electrons. The first-order chi connectivity index (χ1) is 7.29. The van der Waals surface area contributed by atoms with Crippen LogP contribution in [0, 0.1) is 0 Å². The number of nitrogens with two attached hydrogens (primary N) is 1. The smallest absolute Gasteiger partial charge is 0.274 e. The molecule has 0 aliphatic carbocycles. The molecular formula is C11H15BrN2O2. The van der Waals surface area contributed by atoms with Crippen molar-refractivity contribution in [2.45, 2.75) is 26.4 Å². The summed E-state index contributed by atoms with van der Waals surface area (Å²) in [5, 5.41) is 0. The lowest BCUT2D eigenvalue weighted by atomic mass is 10.2. The van der Waals surface area contributed by atoms with E-state index in [1.807, 2.05) is 20.8 Å². The van der Waals surface area contributed by atoms with E-state index in [9.17, 15) is 4.79 Å². The van der Waals surface area contributed by atoms with E-state index >= 15 is 0 Å². The van der Waals surface area contributed by atoms with Gasteiger partial charge in [0.1, 0.15) is 0 Å². The average Bonchev–Trinajstić information content (AvgIpc) is 2.17. The highest BCUT2D eigenvalue weighted by molar-refractivity contribution is 9.10. The molecule has 0 aliphatic heterocycles. The van der Waals surface area contributed by atoms with E-state index in [1.165, 1.54) is 0 Å². The zero-order valence-corrected chi connectivity index (χ0v) is 11.1. The molecule has 0 aliphatic rings. The number of rotatable bonds is 2. The maximum absolute atomic E-state index is 11.7. The highest BCUT2D eigenvalue weighted by Crippen LogP contribution is 2.20. The van der Waals surface area contributed by atoms with Crippen LogP contribution in [0.5, 0.6) is 0 Å². The normalized spacial score (nSPS) is 11.2. The number of carbonyl (C=O) groups is 1. The van der Waals surface area contributed by atoms with Gasteiger partial charge < -0.3 is 5.73 Å². The summed E-state index contributed by atoms with van der Waals surface area (Å²) in [4.78, 5) is 16.8. The van der Waals surface area contributed by atoms with Gasteiger partial charge in [-0.1, -0.05) is 0 Å². The lowest BCUT2D eigenvalue weighted by molar-refractivity contribution is -0.0589. The Bertz CT molecular complexity index is 399. The number of halogens is 1. The third-order valence-corrected chi connectivity index (χ3v) is 2.40. The molecule has 0 unspecified atom stereocenters. The van der Waals surface area contributed by atoms with Gasteiger partial charge in [-0.2, -0.15) is 0 Å². The zero-order chi connectivity index (χ0) is 12.3. The highest BCUT2D eigenvalue weighted by Gasteiger charge is 2.14. The maximum Gasteiger partial charge on any atom is 0.274 e. The van der Waals surface area contributed by atoms with Gasteiger partial charge >= 0.3 is 0 Å². The van der Waals surface area contributed by atoms with Gasteiger partial charge in [-0.3, -0.25) is 9.63 Å². The predicted molar refractivity (Wildman–Crippen MR) is 66.9 cm³/mol. The molecule has 1 aromatic rings. The molecule has 0 spiro atoms. The summed E-state index contributed by atoms with van der Waals surface area (Å²) in [7, 11) is 0. The third-order valence-electron chi connectivity index (χ3n) is 1.71. The lowest BCUT2D eigenvalue weighted by Gasteiger charge is -2.19. The van der Waals surface area contributed by atoms with Crippen molar-refractivity contribution in [1.29, 1.82) is 0 Å². The minimum Gasteiger partial charge on any atom is -0.398 e. The lowest BCUT2D eigenvalue weighted by Crippen LogP contribution is -2.33. The summed E-state index contributed by atoms with van der Waals surface area (Å²) < 4.78 is 0.691. The van der Waals surface area contributed by atoms with E-state index in [-0.39, 0.29) is 5.91 Å². The molecule has 3 N–H and O–H groups in total. The Labute approximate surface area is 103 Å². The topological polar surface area (TPSA) is 64.3 Å². The Balaban J connectivity index is 2.70. The van der Waals surface area contributed by atoms with Crippen LogP contribution in [0.4, 0.5) is 5.69 Å². The second-order valence-corrected chi connectivity index (χ2v) is 5.24. The minimum absolute atomic E-state index is 0.296. The van der Waals surface area contributed by atoms with E-state index in [1.54, 1.807) is 18.2 Å². The summed E-state index contributed by atoms with van der Waals surface area (Å²) in [5.74, 6) is -0.296. The number of anilines is 1. The van der Waals surface area contributed by atoms with E-state index in [0.29, 0.717) is 15.7 Å². The van der Waals surface area contributed by atoms with E-state index in [2.05, 4.69) is 21.4 Å². The molecule has 0 saturated heterocycles. The van der Waals surface area contributed by atoms with Crippen molar-refractivity contribution in [1.82, 2.24) is 5.48 Å². The van der Waals surface area contributed by atoms with Crippen molar-refractivity contribution >= 4 is 27.5 Å². The first-order valence-electron chi connectivity index (χ1n) is 4.83. The van der Waals surface area contributed by atoms with Crippen LogP contribution in [-0.2, 0) is 4.84 Å². The van der Waals surface area contributed by atoms with Crippen molar-refractivity contribution in [2.24, 2.45) is 0 Å². The Morgan fingerprint density at radius 1 is 1.44 bits per heavy atom. The van der Waals surface area contributed by atoms with Crippen LogP contribution in [0.1, 0.15) is 31.1 Å². The van der Waals surface area contributed by atoms with Crippen LogP contribution in [-0.4, -0.2) is 11.5 Å². The van der Waals surface area contributed by atoms with Gasteiger partial charge in [0.15, 0.2) is 0 Å². The molecule has 5 heteroatoms. The molecule has 0 atom stereocenters. The van der Waals surface area contributed by atoms with Gasteiger partial charge in [0.25, 0.3) is 5.91 Å². The van der Waals surface area contributed by atoms with E-state index < -0.39 is 5.60 Å². The molecule has 1 rings (SSSR count). The zero-order valence-electron chi connectivity index (χ0n) is 9.50. The van der Waals surface area contributed by atoms with Crippen molar-refractivity contribution < 1.29 is 9.63 Å². The fraction of sp³-hybridized carbons (Fsp3) is 0.364. The van der Waals surface area contributed by atoms with Crippen LogP contribution in [0.2, 0.25) is 0 Å². The van der Waals surface area contributed by atoms with Crippen molar-refractivity contribution in [2.75, 3.05) is 5.73 Å². The van der Waals surface area contributed by atoms with E-state index in [4.69, 9.17) is 10.6 Å². The standard InChI is InChI=1S/C11H15BrN2O2/c1-11(2,3)16-14-10(15)7-4-5-9(13)8(12)6-7/h4-6H,13H2,1-3H3,(H,14,15). The maximum atomic E-state index is 11.7. The van der Waals surface area contributed by atoms with Crippen LogP contribution in [0.15, 0.2) is 22.7 Å². The number of amides is 1. The fourth-order valence-electron chi connectivity index (χ4n) is 0.927. The van der Waals surface area contributed by atoms with Gasteiger partial charge in [-0.15, -0.1) is 0 Å². The Morgan fingerprint density at radius 3 is 2.56 bits per heavy atom. The summed E-state index contributed by atoms with van der Waals surface area (Å²) in [5.41, 5.74) is 8.67. The second kappa shape index (κ2) is 4.84. The molecule has 0 bridgehead atoms. The summed E-state index contributed by atoms with van der Waals surface area (Å²) in [6, 6.07) is 4.95. The summed E-state index contributed by atoms with van der Waals surface area (Å²) >= 11 is 3.26. The van der Waals surface area contributed by atoms with Gasteiger partial charge in [0, 0.05) is 15.7 Å². The van der Waals surface area contributed by atoms with Gasteiger partial charge in [-0.05, 0) is 54.9 Å². The molecular weight excluding hydrogens is 272 g/mol. The first-order valence-corrected chi connectivity index (χ1v) is 5.62. The monoisotopic (exact) mass is 286 g/mol. The van der Waals surface area contributed by atoms with Crippen LogP contribution < -0.4 is 11.2 Å². The largest absolute Gasteiger partial charge is 0.398 e. The first kappa shape index (κ1) is 13.0. The SMILES string of the molecule is CC(C)(C)ONC(=O)c1ccc(N)c(Br)c1. The third kappa shape index (κ3) is 3.83. The van der Waals surface area contributed by atoms with Crippen molar-refractivity contribution in [3.63, 3.8) is 0 Å². The van der Waals surface area contributed by atoms with Gasteiger partial charge in [0.2, 0.25) is 0 Å². The summed E-state index contributed by atoms with van der Waals surface area (Å²) in [6.45, 7) is 5.56. The van der Waals surface area contributed by atoms with Crippen LogP contribution in [0.25, 0.3) is 0 Å². The van der Waals surface area contributed by atoms with Crippen molar-refractivity contribution in [3.8, 4) is 0 Å². The summed E-state index contributed by atoms with van der Waals surface area (Å²) in [6.07, 6.45) is 0. The second-order valence-electron chi connectivity index (χ2n) is 4.38. The number of nitrogen functional groups attached to an aromatic ring is 1. The Morgan fingerprint density at radius 2 is 2.06 bits per heavy atom. The number of hydrogen-bond acceptors (Lipinski definition) is 3. The molecule has 0 saturated carbocycles. The van der Waals surface area contributed by atoms with Gasteiger partial charge in [0.05, 0.1) is 5.60 Å². The number of nitrogens with one attached hydrogen (secondary N) is 1. The van der Waals surface area contributed by atoms with Crippen molar-refractivity contribution in [3.05, 3.63) is 28.2 Å². The minimum atomic E-state index is -0.416. The highest BCUT2D eigenvalue weighted by atomic mass is 79.9. The molecule has 16 heavy (non-hydrogen) atoms. The molecule has 1 aromatic carbocycles. The Hall–Kier alpha value is -1.07. The van der Waals surface area contributed by atoms with Gasteiger partial charge in [-0.25, -0.2) is 5.48 Å². The molecule has 0 fully saturated rings. The molecule has 0 heterocycles. The number of carbonyl (C=O) groups excluding carboxylic acids is 1. The number of hydrogen-bond donors (Lipinski definition) is 2. The fourth-order valence-corrected chi connectivity index (χ4v) is 1.31. The molecule has 1 amide bonds. The van der Waals surface area contributed by atoms with E-state index in [0.717, 1.165) is 0 Å². The average molecular weight is 287 g/mol. The quantitative estimate of drug-likeness (QED) is 0.649. The predicted octanol–water partition coefficient (Wildman–Crippen LogP) is 2.49.